The van der Waals surface area contributed by atoms with Crippen LogP contribution in [0.4, 0.5) is 17.6 Å². The van der Waals surface area contributed by atoms with Crippen molar-refractivity contribution >= 4 is 5.91 Å². The largest absolute Gasteiger partial charge is 0.349 e. The van der Waals surface area contributed by atoms with Gasteiger partial charge in [-0.15, -0.1) is 0 Å². The molecule has 2 rings (SSSR count). The first-order chi connectivity index (χ1) is 9.41. The molecule has 2 unspecified atom stereocenters. The third kappa shape index (κ3) is 2.78. The van der Waals surface area contributed by atoms with E-state index in [2.05, 4.69) is 5.32 Å². The molecule has 2 nitrogen and oxygen atoms in total. The van der Waals surface area contributed by atoms with E-state index in [1.54, 1.807) is 0 Å². The van der Waals surface area contributed by atoms with Crippen molar-refractivity contribution in [2.24, 2.45) is 5.92 Å². The Labute approximate surface area is 114 Å². The fraction of sp³-hybridized carbons (Fsp3) is 0.500. The van der Waals surface area contributed by atoms with E-state index in [0.717, 1.165) is 25.7 Å². The molecule has 0 bridgehead atoms. The monoisotopic (exact) mass is 289 g/mol. The van der Waals surface area contributed by atoms with Crippen LogP contribution in [0, 0.1) is 29.2 Å². The SMILES string of the molecule is CC1CCCCC1NC(=O)c1cc(F)c(F)c(F)c1F. The summed E-state index contributed by atoms with van der Waals surface area (Å²) in [6, 6.07) is 0.225. The van der Waals surface area contributed by atoms with Gasteiger partial charge in [0.25, 0.3) is 5.91 Å². The van der Waals surface area contributed by atoms with Crippen molar-refractivity contribution in [2.45, 2.75) is 38.6 Å². The number of rotatable bonds is 2. The van der Waals surface area contributed by atoms with Gasteiger partial charge >= 0.3 is 0 Å². The Morgan fingerprint density at radius 2 is 1.75 bits per heavy atom. The molecular weight excluding hydrogens is 274 g/mol. The Kier molecular flexibility index (Phi) is 4.30. The quantitative estimate of drug-likeness (QED) is 0.503. The number of benzene rings is 1. The molecule has 1 saturated carbocycles. The molecule has 0 spiro atoms. The Bertz CT molecular complexity index is 532. The van der Waals surface area contributed by atoms with E-state index >= 15 is 0 Å². The van der Waals surface area contributed by atoms with Crippen LogP contribution in [0.25, 0.3) is 0 Å². The summed E-state index contributed by atoms with van der Waals surface area (Å²) in [5.74, 6) is -7.82. The number of halogens is 4. The third-order valence-electron chi connectivity index (χ3n) is 3.78. The van der Waals surface area contributed by atoms with Crippen LogP contribution in [0.2, 0.25) is 0 Å². The first-order valence-electron chi connectivity index (χ1n) is 6.55. The van der Waals surface area contributed by atoms with Gasteiger partial charge in [0.05, 0.1) is 5.56 Å². The van der Waals surface area contributed by atoms with E-state index in [4.69, 9.17) is 0 Å². The predicted octanol–water partition coefficient (Wildman–Crippen LogP) is 3.55. The molecule has 0 heterocycles. The zero-order chi connectivity index (χ0) is 14.9. The molecule has 6 heteroatoms. The first kappa shape index (κ1) is 14.8. The lowest BCUT2D eigenvalue weighted by atomic mass is 9.86. The Morgan fingerprint density at radius 1 is 1.10 bits per heavy atom. The standard InChI is InChI=1S/C14H15F4NO/c1-7-4-2-3-5-10(7)19-14(20)8-6-9(15)12(17)13(18)11(8)16/h6-7,10H,2-5H2,1H3,(H,19,20). The smallest absolute Gasteiger partial charge is 0.254 e. The van der Waals surface area contributed by atoms with Crippen LogP contribution in [-0.4, -0.2) is 11.9 Å². The van der Waals surface area contributed by atoms with Crippen LogP contribution in [0.1, 0.15) is 43.0 Å². The highest BCUT2D eigenvalue weighted by Gasteiger charge is 2.27. The van der Waals surface area contributed by atoms with Crippen molar-refractivity contribution in [3.8, 4) is 0 Å². The van der Waals surface area contributed by atoms with E-state index < -0.39 is 34.7 Å². The minimum atomic E-state index is -1.97. The van der Waals surface area contributed by atoms with Crippen molar-refractivity contribution in [3.05, 3.63) is 34.9 Å². The van der Waals surface area contributed by atoms with Crippen molar-refractivity contribution in [2.75, 3.05) is 0 Å². The van der Waals surface area contributed by atoms with Crippen LogP contribution in [0.15, 0.2) is 6.07 Å². The topological polar surface area (TPSA) is 29.1 Å². The van der Waals surface area contributed by atoms with Gasteiger partial charge in [-0.25, -0.2) is 17.6 Å². The van der Waals surface area contributed by atoms with E-state index in [-0.39, 0.29) is 12.0 Å². The summed E-state index contributed by atoms with van der Waals surface area (Å²) in [7, 11) is 0. The lowest BCUT2D eigenvalue weighted by molar-refractivity contribution is 0.0904. The number of nitrogens with one attached hydrogen (secondary N) is 1. The maximum atomic E-state index is 13.5. The second-order valence-corrected chi connectivity index (χ2v) is 5.19. The summed E-state index contributed by atoms with van der Waals surface area (Å²) < 4.78 is 52.5. The molecule has 1 aromatic carbocycles. The molecule has 110 valence electrons. The Hall–Kier alpha value is -1.59. The highest BCUT2D eigenvalue weighted by atomic mass is 19.2. The molecule has 0 aromatic heterocycles. The van der Waals surface area contributed by atoms with Gasteiger partial charge < -0.3 is 5.32 Å². The van der Waals surface area contributed by atoms with Gasteiger partial charge in [-0.2, -0.15) is 0 Å². The number of carbonyl (C=O) groups excluding carboxylic acids is 1. The molecule has 1 amide bonds. The van der Waals surface area contributed by atoms with Crippen molar-refractivity contribution < 1.29 is 22.4 Å². The van der Waals surface area contributed by atoms with Crippen molar-refractivity contribution in [1.82, 2.24) is 5.32 Å². The van der Waals surface area contributed by atoms with Crippen LogP contribution < -0.4 is 5.32 Å². The molecule has 2 atom stereocenters. The second kappa shape index (κ2) is 5.81. The van der Waals surface area contributed by atoms with Crippen LogP contribution in [0.5, 0.6) is 0 Å². The number of amides is 1. The highest BCUT2D eigenvalue weighted by Crippen LogP contribution is 2.25. The fourth-order valence-electron chi connectivity index (χ4n) is 2.51. The van der Waals surface area contributed by atoms with E-state index in [1.165, 1.54) is 0 Å². The predicted molar refractivity (Wildman–Crippen MR) is 65.2 cm³/mol. The zero-order valence-electron chi connectivity index (χ0n) is 11.0. The summed E-state index contributed by atoms with van der Waals surface area (Å²) in [6.45, 7) is 1.95. The van der Waals surface area contributed by atoms with Crippen LogP contribution in [0.3, 0.4) is 0 Å². The van der Waals surface area contributed by atoms with Crippen LogP contribution >= 0.6 is 0 Å². The number of hydrogen-bond acceptors (Lipinski definition) is 1. The summed E-state index contributed by atoms with van der Waals surface area (Å²) in [5, 5.41) is 2.56. The summed E-state index contributed by atoms with van der Waals surface area (Å²) >= 11 is 0. The number of hydrogen-bond donors (Lipinski definition) is 1. The highest BCUT2D eigenvalue weighted by molar-refractivity contribution is 5.94. The molecule has 1 aliphatic carbocycles. The normalized spacial score (nSPS) is 22.6. The van der Waals surface area contributed by atoms with Crippen molar-refractivity contribution in [3.63, 3.8) is 0 Å². The summed E-state index contributed by atoms with van der Waals surface area (Å²) in [5.41, 5.74) is -0.806. The van der Waals surface area contributed by atoms with Gasteiger partial charge in [0.2, 0.25) is 0 Å². The zero-order valence-corrected chi connectivity index (χ0v) is 11.0. The van der Waals surface area contributed by atoms with Gasteiger partial charge in [-0.05, 0) is 24.8 Å². The van der Waals surface area contributed by atoms with E-state index in [0.29, 0.717) is 6.07 Å². The van der Waals surface area contributed by atoms with Gasteiger partial charge in [-0.1, -0.05) is 19.8 Å². The third-order valence-corrected chi connectivity index (χ3v) is 3.78. The Morgan fingerprint density at radius 3 is 2.40 bits per heavy atom. The molecule has 1 aromatic rings. The van der Waals surface area contributed by atoms with E-state index in [1.807, 2.05) is 6.92 Å². The fourth-order valence-corrected chi connectivity index (χ4v) is 2.51. The molecule has 0 aliphatic heterocycles. The molecule has 1 fully saturated rings. The molecule has 0 radical (unpaired) electrons. The minimum Gasteiger partial charge on any atom is -0.349 e. The lowest BCUT2D eigenvalue weighted by Gasteiger charge is -2.29. The Balaban J connectivity index is 2.21. The maximum absolute atomic E-state index is 13.5. The van der Waals surface area contributed by atoms with E-state index in [9.17, 15) is 22.4 Å². The molecule has 20 heavy (non-hydrogen) atoms. The second-order valence-electron chi connectivity index (χ2n) is 5.19. The molecule has 1 aliphatic rings. The molecular formula is C14H15F4NO. The lowest BCUT2D eigenvalue weighted by Crippen LogP contribution is -2.41. The average Bonchev–Trinajstić information content (AvgIpc) is 2.43. The minimum absolute atomic E-state index is 0.160. The van der Waals surface area contributed by atoms with Gasteiger partial charge in [0, 0.05) is 6.04 Å². The van der Waals surface area contributed by atoms with Gasteiger partial charge in [-0.3, -0.25) is 4.79 Å². The van der Waals surface area contributed by atoms with Crippen LogP contribution in [-0.2, 0) is 0 Å². The molecule has 1 N–H and O–H groups in total. The maximum Gasteiger partial charge on any atom is 0.254 e. The average molecular weight is 289 g/mol. The summed E-state index contributed by atoms with van der Waals surface area (Å²) in [6.07, 6.45) is 3.66. The first-order valence-corrected chi connectivity index (χ1v) is 6.55. The number of carbonyl (C=O) groups is 1. The molecule has 0 saturated heterocycles. The summed E-state index contributed by atoms with van der Waals surface area (Å²) in [4.78, 5) is 11.9. The van der Waals surface area contributed by atoms with Gasteiger partial charge in [0.1, 0.15) is 0 Å². The van der Waals surface area contributed by atoms with Gasteiger partial charge in [0.15, 0.2) is 23.3 Å². The van der Waals surface area contributed by atoms with Crippen molar-refractivity contribution in [1.29, 1.82) is 0 Å².